The second-order valence-electron chi connectivity index (χ2n) is 2.88. The van der Waals surface area contributed by atoms with Gasteiger partial charge in [0, 0.05) is 13.6 Å². The van der Waals surface area contributed by atoms with E-state index in [0.29, 0.717) is 0 Å². The standard InChI is InChI=1S/C6H15N3O3S/c1-9(13(2,11)12)4-3-5(7)6(8)10/h5H,3-4,7H2,1-2H3,(H2,8,10). The van der Waals surface area contributed by atoms with Crippen molar-refractivity contribution >= 4 is 15.9 Å². The van der Waals surface area contributed by atoms with Gasteiger partial charge in [0.1, 0.15) is 0 Å². The Kier molecular flexibility index (Phi) is 4.31. The highest BCUT2D eigenvalue weighted by atomic mass is 32.2. The van der Waals surface area contributed by atoms with Crippen molar-refractivity contribution in [2.45, 2.75) is 12.5 Å². The lowest BCUT2D eigenvalue weighted by molar-refractivity contribution is -0.119. The van der Waals surface area contributed by atoms with Gasteiger partial charge in [-0.3, -0.25) is 4.79 Å². The lowest BCUT2D eigenvalue weighted by Gasteiger charge is -2.15. The quantitative estimate of drug-likeness (QED) is 0.550. The molecule has 0 fully saturated rings. The van der Waals surface area contributed by atoms with Gasteiger partial charge in [0.2, 0.25) is 15.9 Å². The second-order valence-corrected chi connectivity index (χ2v) is 4.97. The molecule has 1 atom stereocenters. The number of carbonyl (C=O) groups excluding carboxylic acids is 1. The Morgan fingerprint density at radius 2 is 2.00 bits per heavy atom. The Balaban J connectivity index is 3.98. The Morgan fingerprint density at radius 3 is 2.31 bits per heavy atom. The molecule has 0 rings (SSSR count). The Hall–Kier alpha value is -0.660. The summed E-state index contributed by atoms with van der Waals surface area (Å²) in [6.45, 7) is 0.197. The fraction of sp³-hybridized carbons (Fsp3) is 0.833. The number of hydrogen-bond donors (Lipinski definition) is 2. The SMILES string of the molecule is CN(CCC(N)C(N)=O)S(C)(=O)=O. The molecule has 0 bridgehead atoms. The third-order valence-corrected chi connectivity index (χ3v) is 3.00. The van der Waals surface area contributed by atoms with Crippen LogP contribution in [0.5, 0.6) is 0 Å². The van der Waals surface area contributed by atoms with Crippen LogP contribution in [-0.4, -0.2) is 44.5 Å². The molecule has 0 aromatic rings. The number of carbonyl (C=O) groups is 1. The maximum atomic E-state index is 10.9. The highest BCUT2D eigenvalue weighted by Crippen LogP contribution is 1.96. The smallest absolute Gasteiger partial charge is 0.234 e. The normalized spacial score (nSPS) is 14.5. The van der Waals surface area contributed by atoms with Gasteiger partial charge in [-0.15, -0.1) is 0 Å². The van der Waals surface area contributed by atoms with E-state index in [9.17, 15) is 13.2 Å². The predicted molar refractivity (Wildman–Crippen MR) is 49.3 cm³/mol. The van der Waals surface area contributed by atoms with Crippen molar-refractivity contribution in [1.82, 2.24) is 4.31 Å². The van der Waals surface area contributed by atoms with Crippen LogP contribution in [0, 0.1) is 0 Å². The molecule has 0 radical (unpaired) electrons. The number of amides is 1. The predicted octanol–water partition coefficient (Wildman–Crippen LogP) is -1.92. The average molecular weight is 209 g/mol. The van der Waals surface area contributed by atoms with E-state index in [4.69, 9.17) is 11.5 Å². The third kappa shape index (κ3) is 4.81. The van der Waals surface area contributed by atoms with Gasteiger partial charge in [-0.1, -0.05) is 0 Å². The van der Waals surface area contributed by atoms with E-state index < -0.39 is 22.0 Å². The van der Waals surface area contributed by atoms with Crippen LogP contribution < -0.4 is 11.5 Å². The van der Waals surface area contributed by atoms with E-state index in [0.717, 1.165) is 10.6 Å². The molecule has 1 amide bonds. The molecule has 78 valence electrons. The lowest BCUT2D eigenvalue weighted by Crippen LogP contribution is -2.39. The summed E-state index contributed by atoms with van der Waals surface area (Å²) in [7, 11) is -1.78. The summed E-state index contributed by atoms with van der Waals surface area (Å²) in [6, 6.07) is -0.788. The number of hydrogen-bond acceptors (Lipinski definition) is 4. The highest BCUT2D eigenvalue weighted by molar-refractivity contribution is 7.88. The van der Waals surface area contributed by atoms with Gasteiger partial charge in [0.05, 0.1) is 12.3 Å². The number of nitrogens with zero attached hydrogens (tertiary/aromatic N) is 1. The summed E-state index contributed by atoms with van der Waals surface area (Å²) in [5.41, 5.74) is 10.2. The molecule has 0 aliphatic carbocycles. The number of sulfonamides is 1. The van der Waals surface area contributed by atoms with Crippen LogP contribution in [0.15, 0.2) is 0 Å². The fourth-order valence-corrected chi connectivity index (χ4v) is 1.07. The summed E-state index contributed by atoms with van der Waals surface area (Å²) in [5, 5.41) is 0. The van der Waals surface area contributed by atoms with Crippen molar-refractivity contribution in [2.75, 3.05) is 19.8 Å². The summed E-state index contributed by atoms with van der Waals surface area (Å²) < 4.78 is 22.9. The number of rotatable bonds is 5. The summed E-state index contributed by atoms with van der Waals surface area (Å²) in [6.07, 6.45) is 1.32. The summed E-state index contributed by atoms with van der Waals surface area (Å²) in [5.74, 6) is -0.623. The van der Waals surface area contributed by atoms with Gasteiger partial charge in [0.15, 0.2) is 0 Å². The Morgan fingerprint density at radius 1 is 1.54 bits per heavy atom. The van der Waals surface area contributed by atoms with Crippen molar-refractivity contribution in [1.29, 1.82) is 0 Å². The molecule has 0 aliphatic heterocycles. The minimum atomic E-state index is -3.20. The molecule has 1 unspecified atom stereocenters. The molecule has 0 heterocycles. The van der Waals surface area contributed by atoms with Crippen molar-refractivity contribution in [3.8, 4) is 0 Å². The van der Waals surface area contributed by atoms with Crippen LogP contribution in [0.1, 0.15) is 6.42 Å². The minimum Gasteiger partial charge on any atom is -0.368 e. The molecule has 7 heteroatoms. The number of primary amides is 1. The van der Waals surface area contributed by atoms with Crippen molar-refractivity contribution < 1.29 is 13.2 Å². The molecule has 0 aromatic carbocycles. The molecule has 0 aliphatic rings. The highest BCUT2D eigenvalue weighted by Gasteiger charge is 2.14. The van der Waals surface area contributed by atoms with Gasteiger partial charge < -0.3 is 11.5 Å². The zero-order valence-corrected chi connectivity index (χ0v) is 8.54. The summed E-state index contributed by atoms with van der Waals surface area (Å²) >= 11 is 0. The topological polar surface area (TPSA) is 106 Å². The first-order valence-corrected chi connectivity index (χ1v) is 5.56. The first-order chi connectivity index (χ1) is 5.75. The molecule has 4 N–H and O–H groups in total. The van der Waals surface area contributed by atoms with Crippen molar-refractivity contribution in [2.24, 2.45) is 11.5 Å². The first kappa shape index (κ1) is 12.3. The summed E-state index contributed by atoms with van der Waals surface area (Å²) in [4.78, 5) is 10.5. The van der Waals surface area contributed by atoms with E-state index in [-0.39, 0.29) is 13.0 Å². The minimum absolute atomic E-state index is 0.197. The van der Waals surface area contributed by atoms with Gasteiger partial charge in [-0.25, -0.2) is 12.7 Å². The van der Waals surface area contributed by atoms with Crippen molar-refractivity contribution in [3.05, 3.63) is 0 Å². The molecule has 0 saturated carbocycles. The number of nitrogens with two attached hydrogens (primary N) is 2. The second kappa shape index (κ2) is 4.54. The van der Waals surface area contributed by atoms with E-state index in [1.807, 2.05) is 0 Å². The molecular weight excluding hydrogens is 194 g/mol. The van der Waals surface area contributed by atoms with Gasteiger partial charge in [-0.05, 0) is 6.42 Å². The van der Waals surface area contributed by atoms with Crippen LogP contribution in [0.3, 0.4) is 0 Å². The monoisotopic (exact) mass is 209 g/mol. The average Bonchev–Trinajstić information content (AvgIpc) is 1.97. The van der Waals surface area contributed by atoms with E-state index in [1.165, 1.54) is 7.05 Å². The van der Waals surface area contributed by atoms with Crippen molar-refractivity contribution in [3.63, 3.8) is 0 Å². The van der Waals surface area contributed by atoms with Crippen LogP contribution in [-0.2, 0) is 14.8 Å². The van der Waals surface area contributed by atoms with Crippen LogP contribution >= 0.6 is 0 Å². The maximum absolute atomic E-state index is 10.9. The van der Waals surface area contributed by atoms with Crippen LogP contribution in [0.4, 0.5) is 0 Å². The molecule has 0 aromatic heterocycles. The molecule has 0 saturated heterocycles. The van der Waals surface area contributed by atoms with Crippen LogP contribution in [0.2, 0.25) is 0 Å². The van der Waals surface area contributed by atoms with E-state index in [1.54, 1.807) is 0 Å². The maximum Gasteiger partial charge on any atom is 0.234 e. The Bertz CT molecular complexity index is 275. The zero-order chi connectivity index (χ0) is 10.6. The van der Waals surface area contributed by atoms with E-state index in [2.05, 4.69) is 0 Å². The first-order valence-electron chi connectivity index (χ1n) is 3.71. The lowest BCUT2D eigenvalue weighted by atomic mass is 10.2. The van der Waals surface area contributed by atoms with Gasteiger partial charge in [-0.2, -0.15) is 0 Å². The molecule has 6 nitrogen and oxygen atoms in total. The molecular formula is C6H15N3O3S. The van der Waals surface area contributed by atoms with Crippen LogP contribution in [0.25, 0.3) is 0 Å². The Labute approximate surface area is 77.9 Å². The molecule has 13 heavy (non-hydrogen) atoms. The van der Waals surface area contributed by atoms with Gasteiger partial charge >= 0.3 is 0 Å². The van der Waals surface area contributed by atoms with E-state index >= 15 is 0 Å². The fourth-order valence-electron chi connectivity index (χ4n) is 0.629. The van der Waals surface area contributed by atoms with Gasteiger partial charge in [0.25, 0.3) is 0 Å². The zero-order valence-electron chi connectivity index (χ0n) is 7.73. The largest absolute Gasteiger partial charge is 0.368 e. The third-order valence-electron chi connectivity index (χ3n) is 1.69. The molecule has 0 spiro atoms.